The van der Waals surface area contributed by atoms with Crippen molar-refractivity contribution in [3.63, 3.8) is 0 Å². The largest absolute Gasteiger partial charge is 0.360 e. The quantitative estimate of drug-likeness (QED) is 0.583. The van der Waals surface area contributed by atoms with E-state index in [0.29, 0.717) is 11.3 Å². The van der Waals surface area contributed by atoms with Gasteiger partial charge < -0.3 is 5.32 Å². The second-order valence-corrected chi connectivity index (χ2v) is 9.65. The summed E-state index contributed by atoms with van der Waals surface area (Å²) in [7, 11) is -4.05. The van der Waals surface area contributed by atoms with Crippen molar-refractivity contribution < 1.29 is 13.2 Å². The lowest BCUT2D eigenvalue weighted by Gasteiger charge is -2.31. The van der Waals surface area contributed by atoms with Crippen molar-refractivity contribution in [2.24, 2.45) is 0 Å². The number of Topliss-reactive ketones (excluding diaryl/α,β-unsaturated/α-hetero) is 1. The Balaban J connectivity index is 1.80. The standard InChI is InChI=1S/C25H24N2O3S/c1-17-7-6-8-20(13-17)16-27-23-10-5-4-9-21(23)25(28)24(31(27,29)30)15-26-22-14-18(2)11-12-19(22)3/h4-15,26H,16H2,1-3H3/b24-15+. The van der Waals surface area contributed by atoms with Gasteiger partial charge in [0.05, 0.1) is 12.2 Å². The minimum atomic E-state index is -4.05. The van der Waals surface area contributed by atoms with Gasteiger partial charge in [-0.3, -0.25) is 9.10 Å². The van der Waals surface area contributed by atoms with Crippen molar-refractivity contribution in [3.8, 4) is 0 Å². The number of carbonyl (C=O) groups excluding carboxylic acids is 1. The highest BCUT2D eigenvalue weighted by Gasteiger charge is 2.40. The molecule has 1 aliphatic heterocycles. The third-order valence-corrected chi connectivity index (χ3v) is 7.13. The van der Waals surface area contributed by atoms with E-state index in [1.54, 1.807) is 24.3 Å². The van der Waals surface area contributed by atoms with E-state index in [-0.39, 0.29) is 11.4 Å². The number of ketones is 1. The summed E-state index contributed by atoms with van der Waals surface area (Å²) in [4.78, 5) is 12.9. The van der Waals surface area contributed by atoms with Crippen LogP contribution in [0.5, 0.6) is 0 Å². The SMILES string of the molecule is Cc1cccc(CN2c3ccccc3C(=O)/C(=C\Nc3cc(C)ccc3C)S2(=O)=O)c1. The fourth-order valence-corrected chi connectivity index (χ4v) is 5.23. The van der Waals surface area contributed by atoms with Crippen molar-refractivity contribution in [2.45, 2.75) is 27.3 Å². The van der Waals surface area contributed by atoms with Crippen molar-refractivity contribution in [3.05, 3.63) is 106 Å². The molecule has 1 N–H and O–H groups in total. The van der Waals surface area contributed by atoms with Gasteiger partial charge in [0, 0.05) is 17.5 Å². The lowest BCUT2D eigenvalue weighted by atomic mass is 10.1. The van der Waals surface area contributed by atoms with Gasteiger partial charge in [-0.25, -0.2) is 8.42 Å². The van der Waals surface area contributed by atoms with Gasteiger partial charge in [0.15, 0.2) is 4.91 Å². The van der Waals surface area contributed by atoms with Crippen LogP contribution in [0.4, 0.5) is 11.4 Å². The van der Waals surface area contributed by atoms with Gasteiger partial charge in [-0.05, 0) is 55.7 Å². The lowest BCUT2D eigenvalue weighted by molar-refractivity contribution is 0.104. The van der Waals surface area contributed by atoms with Gasteiger partial charge >= 0.3 is 0 Å². The molecule has 3 aromatic carbocycles. The molecular weight excluding hydrogens is 408 g/mol. The summed E-state index contributed by atoms with van der Waals surface area (Å²) >= 11 is 0. The van der Waals surface area contributed by atoms with Gasteiger partial charge in [0.1, 0.15) is 0 Å². The second-order valence-electron chi connectivity index (χ2n) is 7.82. The van der Waals surface area contributed by atoms with Gasteiger partial charge in [0.25, 0.3) is 10.0 Å². The first-order valence-corrected chi connectivity index (χ1v) is 11.5. The first kappa shape index (κ1) is 20.9. The maximum atomic E-state index is 13.5. The number of para-hydroxylation sites is 1. The van der Waals surface area contributed by atoms with Crippen LogP contribution < -0.4 is 9.62 Å². The summed E-state index contributed by atoms with van der Waals surface area (Å²) in [6, 6.07) is 20.4. The van der Waals surface area contributed by atoms with Crippen molar-refractivity contribution in [2.75, 3.05) is 9.62 Å². The Hall–Kier alpha value is -3.38. The number of sulfonamides is 1. The normalized spacial score (nSPS) is 16.3. The third-order valence-electron chi connectivity index (χ3n) is 5.37. The molecule has 6 heteroatoms. The number of aryl methyl sites for hydroxylation is 3. The molecule has 31 heavy (non-hydrogen) atoms. The van der Waals surface area contributed by atoms with Crippen molar-refractivity contribution in [1.82, 2.24) is 0 Å². The molecule has 5 nitrogen and oxygen atoms in total. The van der Waals surface area contributed by atoms with Crippen molar-refractivity contribution in [1.29, 1.82) is 0 Å². The van der Waals surface area contributed by atoms with E-state index in [0.717, 1.165) is 27.9 Å². The molecule has 158 valence electrons. The van der Waals surface area contributed by atoms with Gasteiger partial charge in [-0.1, -0.05) is 54.1 Å². The molecule has 0 fully saturated rings. The molecule has 0 bridgehead atoms. The zero-order chi connectivity index (χ0) is 22.2. The van der Waals surface area contributed by atoms with Crippen LogP contribution in [0.25, 0.3) is 0 Å². The molecule has 1 heterocycles. The Kier molecular flexibility index (Phi) is 5.41. The summed E-state index contributed by atoms with van der Waals surface area (Å²) in [5.41, 5.74) is 5.44. The highest BCUT2D eigenvalue weighted by atomic mass is 32.2. The van der Waals surface area contributed by atoms with Gasteiger partial charge in [-0.2, -0.15) is 0 Å². The predicted octanol–water partition coefficient (Wildman–Crippen LogP) is 5.10. The number of nitrogens with one attached hydrogen (secondary N) is 1. The van der Waals surface area contributed by atoms with Crippen LogP contribution >= 0.6 is 0 Å². The monoisotopic (exact) mass is 432 g/mol. The van der Waals surface area contributed by atoms with Crippen LogP contribution in [-0.2, 0) is 16.6 Å². The van der Waals surface area contributed by atoms with E-state index >= 15 is 0 Å². The zero-order valence-electron chi connectivity index (χ0n) is 17.7. The summed E-state index contributed by atoms with van der Waals surface area (Å²) < 4.78 is 28.4. The van der Waals surface area contributed by atoms with E-state index in [1.165, 1.54) is 10.5 Å². The first-order chi connectivity index (χ1) is 14.8. The molecule has 0 atom stereocenters. The molecule has 4 rings (SSSR count). The number of nitrogens with zero attached hydrogens (tertiary/aromatic N) is 1. The number of benzene rings is 3. The average molecular weight is 433 g/mol. The number of fused-ring (bicyclic) bond motifs is 1. The molecule has 0 amide bonds. The summed E-state index contributed by atoms with van der Waals surface area (Å²) in [5.74, 6) is -0.506. The van der Waals surface area contributed by atoms with Crippen LogP contribution in [0.3, 0.4) is 0 Å². The number of rotatable bonds is 4. The fourth-order valence-electron chi connectivity index (χ4n) is 3.70. The van der Waals surface area contributed by atoms with E-state index in [9.17, 15) is 13.2 Å². The number of carbonyl (C=O) groups is 1. The summed E-state index contributed by atoms with van der Waals surface area (Å²) in [6.07, 6.45) is 1.32. The molecule has 1 aliphatic rings. The molecule has 3 aromatic rings. The molecule has 0 unspecified atom stereocenters. The molecule has 0 saturated carbocycles. The Morgan fingerprint density at radius 1 is 0.903 bits per heavy atom. The molecule has 0 spiro atoms. The van der Waals surface area contributed by atoms with Crippen LogP contribution in [0.15, 0.2) is 77.8 Å². The number of anilines is 2. The third kappa shape index (κ3) is 3.99. The van der Waals surface area contributed by atoms with E-state index in [4.69, 9.17) is 0 Å². The Labute approximate surface area is 183 Å². The zero-order valence-corrected chi connectivity index (χ0v) is 18.5. The fraction of sp³-hybridized carbons (Fsp3) is 0.160. The second kappa shape index (κ2) is 8.04. The van der Waals surface area contributed by atoms with Crippen LogP contribution in [0.1, 0.15) is 32.6 Å². The van der Waals surface area contributed by atoms with E-state index in [2.05, 4.69) is 5.32 Å². The van der Waals surface area contributed by atoms with Gasteiger partial charge in [0.2, 0.25) is 5.78 Å². The summed E-state index contributed by atoms with van der Waals surface area (Å²) in [6.45, 7) is 6.00. The topological polar surface area (TPSA) is 66.5 Å². The molecule has 0 aliphatic carbocycles. The molecule has 0 radical (unpaired) electrons. The minimum absolute atomic E-state index is 0.148. The highest BCUT2D eigenvalue weighted by molar-refractivity contribution is 7.97. The van der Waals surface area contributed by atoms with Gasteiger partial charge in [-0.15, -0.1) is 0 Å². The van der Waals surface area contributed by atoms with Crippen LogP contribution in [0.2, 0.25) is 0 Å². The van der Waals surface area contributed by atoms with E-state index in [1.807, 2.05) is 63.2 Å². The number of hydrogen-bond donors (Lipinski definition) is 1. The Morgan fingerprint density at radius 2 is 1.65 bits per heavy atom. The van der Waals surface area contributed by atoms with E-state index < -0.39 is 15.8 Å². The maximum absolute atomic E-state index is 13.5. The summed E-state index contributed by atoms with van der Waals surface area (Å²) in [5, 5.41) is 3.05. The number of hydrogen-bond acceptors (Lipinski definition) is 4. The van der Waals surface area contributed by atoms with Crippen LogP contribution in [0, 0.1) is 20.8 Å². The first-order valence-electron chi connectivity index (χ1n) is 10.0. The smallest absolute Gasteiger partial charge is 0.270 e. The average Bonchev–Trinajstić information content (AvgIpc) is 2.73. The van der Waals surface area contributed by atoms with Crippen molar-refractivity contribution >= 4 is 27.2 Å². The highest BCUT2D eigenvalue weighted by Crippen LogP contribution is 2.36. The molecule has 0 saturated heterocycles. The predicted molar refractivity (Wildman–Crippen MR) is 125 cm³/mol. The Morgan fingerprint density at radius 3 is 2.42 bits per heavy atom. The van der Waals surface area contributed by atoms with Crippen LogP contribution in [-0.4, -0.2) is 14.2 Å². The lowest BCUT2D eigenvalue weighted by Crippen LogP contribution is -2.39. The minimum Gasteiger partial charge on any atom is -0.360 e. The Bertz CT molecular complexity index is 1310. The molecule has 0 aromatic heterocycles. The number of allylic oxidation sites excluding steroid dienone is 1. The molecular formula is C25H24N2O3S. The maximum Gasteiger partial charge on any atom is 0.270 e.